The zero-order chi connectivity index (χ0) is 14.6. The summed E-state index contributed by atoms with van der Waals surface area (Å²) >= 11 is 0. The topological polar surface area (TPSA) is 124 Å². The molecule has 0 bridgehead atoms. The molecule has 0 saturated carbocycles. The van der Waals surface area contributed by atoms with Crippen LogP contribution >= 0.6 is 0 Å². The maximum Gasteiger partial charge on any atom is 0.337 e. The van der Waals surface area contributed by atoms with Gasteiger partial charge in [0.25, 0.3) is 0 Å². The van der Waals surface area contributed by atoms with Gasteiger partial charge in [-0.3, -0.25) is 4.79 Å². The van der Waals surface area contributed by atoms with E-state index < -0.39 is 30.6 Å². The summed E-state index contributed by atoms with van der Waals surface area (Å²) in [6.45, 7) is 0. The van der Waals surface area contributed by atoms with Crippen molar-refractivity contribution in [3.8, 4) is 5.75 Å². The van der Waals surface area contributed by atoms with Gasteiger partial charge < -0.3 is 25.2 Å². The van der Waals surface area contributed by atoms with Crippen LogP contribution < -0.4 is 0 Å². The highest BCUT2D eigenvalue weighted by atomic mass is 16.5. The third-order valence-corrected chi connectivity index (χ3v) is 2.52. The Balaban J connectivity index is 3.04. The zero-order valence-corrected chi connectivity index (χ0v) is 10.1. The largest absolute Gasteiger partial charge is 0.508 e. The molecule has 0 amide bonds. The van der Waals surface area contributed by atoms with E-state index in [1.165, 1.54) is 13.2 Å². The summed E-state index contributed by atoms with van der Waals surface area (Å²) in [6, 6.07) is 3.57. The van der Waals surface area contributed by atoms with Crippen LogP contribution in [0, 0.1) is 0 Å². The summed E-state index contributed by atoms with van der Waals surface area (Å²) in [7, 11) is 1.17. The molecule has 0 aliphatic carbocycles. The molecule has 1 aromatic rings. The number of aromatic hydroxyl groups is 1. The van der Waals surface area contributed by atoms with Gasteiger partial charge in [-0.15, -0.1) is 0 Å². The first kappa shape index (κ1) is 14.9. The summed E-state index contributed by atoms with van der Waals surface area (Å²) in [5.74, 6) is -2.33. The minimum absolute atomic E-state index is 0.0666. The van der Waals surface area contributed by atoms with Gasteiger partial charge in [0.05, 0.1) is 25.2 Å². The Labute approximate surface area is 108 Å². The molecule has 2 atom stereocenters. The molecule has 0 aliphatic rings. The smallest absolute Gasteiger partial charge is 0.337 e. The Morgan fingerprint density at radius 3 is 2.47 bits per heavy atom. The van der Waals surface area contributed by atoms with Crippen molar-refractivity contribution in [1.29, 1.82) is 0 Å². The van der Waals surface area contributed by atoms with Crippen LogP contribution in [0.3, 0.4) is 0 Å². The Bertz CT molecular complexity index is 483. The lowest BCUT2D eigenvalue weighted by molar-refractivity contribution is -0.141. The van der Waals surface area contributed by atoms with Gasteiger partial charge in [-0.25, -0.2) is 4.79 Å². The minimum Gasteiger partial charge on any atom is -0.508 e. The molecule has 19 heavy (non-hydrogen) atoms. The fraction of sp³-hybridized carbons (Fsp3) is 0.333. The van der Waals surface area contributed by atoms with Gasteiger partial charge in [0.15, 0.2) is 0 Å². The highest BCUT2D eigenvalue weighted by molar-refractivity contribution is 5.89. The molecule has 0 heterocycles. The first-order valence-corrected chi connectivity index (χ1v) is 5.36. The molecule has 1 rings (SSSR count). The lowest BCUT2D eigenvalue weighted by atomic mass is 9.99. The molecule has 0 saturated heterocycles. The van der Waals surface area contributed by atoms with Crippen LogP contribution in [0.5, 0.6) is 5.75 Å². The number of hydrogen-bond acceptors (Lipinski definition) is 6. The van der Waals surface area contributed by atoms with Crippen molar-refractivity contribution in [2.75, 3.05) is 7.11 Å². The van der Waals surface area contributed by atoms with Crippen molar-refractivity contribution in [2.24, 2.45) is 0 Å². The summed E-state index contributed by atoms with van der Waals surface area (Å²) in [5.41, 5.74) is -0.0754. The molecule has 104 valence electrons. The number of rotatable bonds is 5. The van der Waals surface area contributed by atoms with E-state index in [0.717, 1.165) is 12.1 Å². The molecule has 0 aromatic heterocycles. The fourth-order valence-electron chi connectivity index (χ4n) is 1.53. The van der Waals surface area contributed by atoms with Crippen LogP contribution in [0.4, 0.5) is 0 Å². The number of carbonyl (C=O) groups is 2. The predicted octanol–water partition coefficient (Wildman–Crippen LogP) is 0.0478. The monoisotopic (exact) mass is 270 g/mol. The van der Waals surface area contributed by atoms with Crippen molar-refractivity contribution >= 4 is 11.9 Å². The number of aliphatic hydroxyl groups is 2. The molecule has 2 unspecified atom stereocenters. The van der Waals surface area contributed by atoms with E-state index in [9.17, 15) is 24.9 Å². The molecule has 7 heteroatoms. The molecule has 0 spiro atoms. The first-order valence-electron chi connectivity index (χ1n) is 5.36. The average Bonchev–Trinajstić information content (AvgIpc) is 2.36. The van der Waals surface area contributed by atoms with Gasteiger partial charge in [0.1, 0.15) is 11.9 Å². The van der Waals surface area contributed by atoms with Gasteiger partial charge in [0.2, 0.25) is 0 Å². The number of carboxylic acids is 1. The van der Waals surface area contributed by atoms with Crippen LogP contribution in [0.25, 0.3) is 0 Å². The highest BCUT2D eigenvalue weighted by Gasteiger charge is 2.24. The Kier molecular flexibility index (Phi) is 4.85. The predicted molar refractivity (Wildman–Crippen MR) is 62.7 cm³/mol. The number of methoxy groups -OCH3 is 1. The van der Waals surface area contributed by atoms with E-state index in [4.69, 9.17) is 5.11 Å². The van der Waals surface area contributed by atoms with Crippen LogP contribution in [-0.4, -0.2) is 45.6 Å². The Hall–Kier alpha value is -2.12. The number of carboxylic acid groups (broad SMARTS) is 1. The van der Waals surface area contributed by atoms with Crippen molar-refractivity contribution < 1.29 is 34.8 Å². The SMILES string of the molecule is COC(=O)c1ccc(O)c(C(O)C(O)CC(=O)O)c1. The van der Waals surface area contributed by atoms with Gasteiger partial charge in [0, 0.05) is 5.56 Å². The van der Waals surface area contributed by atoms with Crippen LogP contribution in [0.15, 0.2) is 18.2 Å². The first-order chi connectivity index (χ1) is 8.86. The van der Waals surface area contributed by atoms with E-state index in [0.29, 0.717) is 0 Å². The van der Waals surface area contributed by atoms with Gasteiger partial charge in [-0.2, -0.15) is 0 Å². The normalized spacial score (nSPS) is 13.6. The second kappa shape index (κ2) is 6.17. The standard InChI is InChI=1S/C12H14O7/c1-19-12(18)6-2-3-8(13)7(4-6)11(17)9(14)5-10(15)16/h2-4,9,11,13-14,17H,5H2,1H3,(H,15,16). The van der Waals surface area contributed by atoms with E-state index in [-0.39, 0.29) is 16.9 Å². The number of phenolic OH excluding ortho intramolecular Hbond substituents is 1. The van der Waals surface area contributed by atoms with Crippen molar-refractivity contribution in [3.05, 3.63) is 29.3 Å². The molecule has 0 fully saturated rings. The zero-order valence-electron chi connectivity index (χ0n) is 10.1. The maximum absolute atomic E-state index is 11.3. The van der Waals surface area contributed by atoms with Crippen molar-refractivity contribution in [1.82, 2.24) is 0 Å². The quantitative estimate of drug-likeness (QED) is 0.557. The molecule has 0 aliphatic heterocycles. The van der Waals surface area contributed by atoms with Gasteiger partial charge in [-0.05, 0) is 18.2 Å². The Morgan fingerprint density at radius 2 is 1.95 bits per heavy atom. The average molecular weight is 270 g/mol. The summed E-state index contributed by atoms with van der Waals surface area (Å²) in [5, 5.41) is 37.4. The summed E-state index contributed by atoms with van der Waals surface area (Å²) in [4.78, 5) is 21.7. The number of aliphatic carboxylic acids is 1. The van der Waals surface area contributed by atoms with Crippen LogP contribution in [0.2, 0.25) is 0 Å². The second-order valence-corrected chi connectivity index (χ2v) is 3.88. The molecule has 1 aromatic carbocycles. The lowest BCUT2D eigenvalue weighted by Crippen LogP contribution is -2.22. The fourth-order valence-corrected chi connectivity index (χ4v) is 1.53. The number of hydrogen-bond donors (Lipinski definition) is 4. The number of phenols is 1. The number of ether oxygens (including phenoxy) is 1. The lowest BCUT2D eigenvalue weighted by Gasteiger charge is -2.18. The maximum atomic E-state index is 11.3. The van der Waals surface area contributed by atoms with E-state index in [1.54, 1.807) is 0 Å². The highest BCUT2D eigenvalue weighted by Crippen LogP contribution is 2.28. The summed E-state index contributed by atoms with van der Waals surface area (Å²) < 4.78 is 4.48. The molecule has 0 radical (unpaired) electrons. The molecular weight excluding hydrogens is 256 g/mol. The number of carbonyl (C=O) groups excluding carboxylic acids is 1. The van der Waals surface area contributed by atoms with Crippen molar-refractivity contribution in [3.63, 3.8) is 0 Å². The number of benzene rings is 1. The van der Waals surface area contributed by atoms with Gasteiger partial charge in [-0.1, -0.05) is 0 Å². The van der Waals surface area contributed by atoms with Gasteiger partial charge >= 0.3 is 11.9 Å². The minimum atomic E-state index is -1.62. The third kappa shape index (κ3) is 3.67. The van der Waals surface area contributed by atoms with E-state index in [1.807, 2.05) is 0 Å². The van der Waals surface area contributed by atoms with Crippen LogP contribution in [-0.2, 0) is 9.53 Å². The third-order valence-electron chi connectivity index (χ3n) is 2.52. The second-order valence-electron chi connectivity index (χ2n) is 3.88. The molecule has 7 nitrogen and oxygen atoms in total. The number of esters is 1. The molecule has 4 N–H and O–H groups in total. The van der Waals surface area contributed by atoms with Crippen LogP contribution in [0.1, 0.15) is 28.4 Å². The van der Waals surface area contributed by atoms with E-state index in [2.05, 4.69) is 4.74 Å². The van der Waals surface area contributed by atoms with Crippen molar-refractivity contribution in [2.45, 2.75) is 18.6 Å². The Morgan fingerprint density at radius 1 is 1.32 bits per heavy atom. The van der Waals surface area contributed by atoms with E-state index >= 15 is 0 Å². The number of aliphatic hydroxyl groups excluding tert-OH is 2. The molecular formula is C12H14O7. The summed E-state index contributed by atoms with van der Waals surface area (Å²) in [6.07, 6.45) is -3.92.